The van der Waals surface area contributed by atoms with Crippen molar-refractivity contribution in [1.29, 1.82) is 0 Å². The first-order valence-electron chi connectivity index (χ1n) is 7.31. The number of hydrogen-bond acceptors (Lipinski definition) is 4. The van der Waals surface area contributed by atoms with E-state index in [1.807, 2.05) is 45.2 Å². The minimum atomic E-state index is -3.29. The Balaban J connectivity index is 2.68. The number of ether oxygens (including phenoxy) is 1. The van der Waals surface area contributed by atoms with E-state index in [1.165, 1.54) is 4.31 Å². The van der Waals surface area contributed by atoms with Gasteiger partial charge in [-0.25, -0.2) is 8.42 Å². The number of rotatable bonds is 10. The fourth-order valence-electron chi connectivity index (χ4n) is 2.06. The van der Waals surface area contributed by atoms with Gasteiger partial charge in [0, 0.05) is 26.2 Å². The molecule has 1 aromatic carbocycles. The van der Waals surface area contributed by atoms with Crippen LogP contribution in [0.5, 0.6) is 0 Å². The molecule has 21 heavy (non-hydrogen) atoms. The Kier molecular flexibility index (Phi) is 7.88. The van der Waals surface area contributed by atoms with Gasteiger partial charge in [0.15, 0.2) is 0 Å². The van der Waals surface area contributed by atoms with Gasteiger partial charge < -0.3 is 10.1 Å². The van der Waals surface area contributed by atoms with E-state index >= 15 is 0 Å². The van der Waals surface area contributed by atoms with Crippen molar-refractivity contribution in [2.75, 3.05) is 33.4 Å². The molecule has 0 aliphatic heterocycles. The SMILES string of the molecule is CCOCCN(CC)S(=O)(=O)Cc1ccc(CNC)cc1. The third-order valence-corrected chi connectivity index (χ3v) is 5.11. The summed E-state index contributed by atoms with van der Waals surface area (Å²) >= 11 is 0. The Morgan fingerprint density at radius 1 is 1.14 bits per heavy atom. The highest BCUT2D eigenvalue weighted by Gasteiger charge is 2.20. The molecule has 120 valence electrons. The lowest BCUT2D eigenvalue weighted by atomic mass is 10.1. The molecule has 1 aromatic rings. The van der Waals surface area contributed by atoms with Gasteiger partial charge in [-0.3, -0.25) is 0 Å². The Hall–Kier alpha value is -0.950. The van der Waals surface area contributed by atoms with Crippen LogP contribution in [0.1, 0.15) is 25.0 Å². The highest BCUT2D eigenvalue weighted by Crippen LogP contribution is 2.12. The molecular formula is C15H26N2O3S. The molecule has 0 saturated heterocycles. The second-order valence-corrected chi connectivity index (χ2v) is 6.76. The lowest BCUT2D eigenvalue weighted by Crippen LogP contribution is -2.34. The molecule has 1 N–H and O–H groups in total. The molecule has 1 rings (SSSR count). The van der Waals surface area contributed by atoms with Crippen LogP contribution in [0.2, 0.25) is 0 Å². The summed E-state index contributed by atoms with van der Waals surface area (Å²) in [6.07, 6.45) is 0. The fourth-order valence-corrected chi connectivity index (χ4v) is 3.61. The first-order valence-corrected chi connectivity index (χ1v) is 8.92. The van der Waals surface area contributed by atoms with Gasteiger partial charge in [0.25, 0.3) is 0 Å². The monoisotopic (exact) mass is 314 g/mol. The van der Waals surface area contributed by atoms with Gasteiger partial charge >= 0.3 is 0 Å². The van der Waals surface area contributed by atoms with Crippen molar-refractivity contribution in [3.8, 4) is 0 Å². The van der Waals surface area contributed by atoms with Crippen molar-refractivity contribution in [3.63, 3.8) is 0 Å². The Labute approximate surface area is 128 Å². The summed E-state index contributed by atoms with van der Waals surface area (Å²) in [5.41, 5.74) is 1.95. The Morgan fingerprint density at radius 3 is 2.29 bits per heavy atom. The first kappa shape index (κ1) is 18.1. The van der Waals surface area contributed by atoms with Crippen LogP contribution in [0.3, 0.4) is 0 Å². The van der Waals surface area contributed by atoms with Crippen molar-refractivity contribution in [1.82, 2.24) is 9.62 Å². The molecule has 0 fully saturated rings. The summed E-state index contributed by atoms with van der Waals surface area (Å²) in [4.78, 5) is 0. The molecule has 0 amide bonds. The molecule has 0 aromatic heterocycles. The van der Waals surface area contributed by atoms with Crippen molar-refractivity contribution >= 4 is 10.0 Å². The minimum absolute atomic E-state index is 0.0345. The largest absolute Gasteiger partial charge is 0.380 e. The van der Waals surface area contributed by atoms with Crippen molar-refractivity contribution < 1.29 is 13.2 Å². The van der Waals surface area contributed by atoms with E-state index in [-0.39, 0.29) is 5.75 Å². The number of hydrogen-bond donors (Lipinski definition) is 1. The molecule has 0 aliphatic rings. The van der Waals surface area contributed by atoms with E-state index in [2.05, 4.69) is 5.32 Å². The zero-order valence-corrected chi connectivity index (χ0v) is 13.9. The lowest BCUT2D eigenvalue weighted by Gasteiger charge is -2.20. The Morgan fingerprint density at radius 2 is 1.76 bits per heavy atom. The lowest BCUT2D eigenvalue weighted by molar-refractivity contribution is 0.135. The molecule has 0 heterocycles. The van der Waals surface area contributed by atoms with Crippen molar-refractivity contribution in [3.05, 3.63) is 35.4 Å². The molecule has 0 radical (unpaired) electrons. The molecule has 0 saturated carbocycles. The normalized spacial score (nSPS) is 12.0. The van der Waals surface area contributed by atoms with E-state index in [9.17, 15) is 8.42 Å². The second kappa shape index (κ2) is 9.15. The van der Waals surface area contributed by atoms with Gasteiger partial charge in [0.05, 0.1) is 12.4 Å². The average molecular weight is 314 g/mol. The summed E-state index contributed by atoms with van der Waals surface area (Å²) in [5, 5.41) is 3.07. The van der Waals surface area contributed by atoms with E-state index in [1.54, 1.807) is 0 Å². The molecule has 5 nitrogen and oxygen atoms in total. The third kappa shape index (κ3) is 6.13. The predicted octanol–water partition coefficient (Wildman–Crippen LogP) is 1.59. The van der Waals surface area contributed by atoms with Crippen molar-refractivity contribution in [2.24, 2.45) is 0 Å². The average Bonchev–Trinajstić information content (AvgIpc) is 2.45. The van der Waals surface area contributed by atoms with Crippen LogP contribution >= 0.6 is 0 Å². The zero-order valence-electron chi connectivity index (χ0n) is 13.1. The van der Waals surface area contributed by atoms with Gasteiger partial charge in [0.2, 0.25) is 10.0 Å². The van der Waals surface area contributed by atoms with Crippen LogP contribution in [0, 0.1) is 0 Å². The second-order valence-electron chi connectivity index (χ2n) is 4.79. The van der Waals surface area contributed by atoms with Gasteiger partial charge in [-0.2, -0.15) is 4.31 Å². The van der Waals surface area contributed by atoms with Gasteiger partial charge in [0.1, 0.15) is 0 Å². The number of sulfonamides is 1. The summed E-state index contributed by atoms with van der Waals surface area (Å²) in [6.45, 7) is 6.44. The maximum atomic E-state index is 12.4. The predicted molar refractivity (Wildman–Crippen MR) is 85.6 cm³/mol. The highest BCUT2D eigenvalue weighted by molar-refractivity contribution is 7.88. The summed E-state index contributed by atoms with van der Waals surface area (Å²) in [7, 11) is -1.41. The van der Waals surface area contributed by atoms with Gasteiger partial charge in [-0.15, -0.1) is 0 Å². The number of nitrogens with one attached hydrogen (secondary N) is 1. The molecule has 0 spiro atoms. The first-order chi connectivity index (χ1) is 10.0. The summed E-state index contributed by atoms with van der Waals surface area (Å²) in [6, 6.07) is 7.66. The van der Waals surface area contributed by atoms with E-state index in [4.69, 9.17) is 4.74 Å². The molecule has 0 unspecified atom stereocenters. The molecule has 0 atom stereocenters. The third-order valence-electron chi connectivity index (χ3n) is 3.19. The molecule has 0 aliphatic carbocycles. The maximum absolute atomic E-state index is 12.4. The minimum Gasteiger partial charge on any atom is -0.380 e. The quantitative estimate of drug-likeness (QED) is 0.666. The maximum Gasteiger partial charge on any atom is 0.218 e. The number of benzene rings is 1. The van der Waals surface area contributed by atoms with Gasteiger partial charge in [-0.1, -0.05) is 31.2 Å². The molecule has 0 bridgehead atoms. The van der Waals surface area contributed by atoms with Crippen LogP contribution < -0.4 is 5.32 Å². The van der Waals surface area contributed by atoms with E-state index in [0.717, 1.165) is 17.7 Å². The molecular weight excluding hydrogens is 288 g/mol. The molecule has 6 heteroatoms. The number of likely N-dealkylation sites (N-methyl/N-ethyl adjacent to an activating group) is 1. The summed E-state index contributed by atoms with van der Waals surface area (Å²) < 4.78 is 31.5. The fraction of sp³-hybridized carbons (Fsp3) is 0.600. The topological polar surface area (TPSA) is 58.6 Å². The van der Waals surface area contributed by atoms with Crippen LogP contribution in [0.25, 0.3) is 0 Å². The zero-order chi connectivity index (χ0) is 15.7. The van der Waals surface area contributed by atoms with E-state index in [0.29, 0.717) is 26.3 Å². The number of nitrogens with zero attached hydrogens (tertiary/aromatic N) is 1. The van der Waals surface area contributed by atoms with Crippen LogP contribution in [0.4, 0.5) is 0 Å². The van der Waals surface area contributed by atoms with Gasteiger partial charge in [-0.05, 0) is 25.1 Å². The van der Waals surface area contributed by atoms with Crippen LogP contribution in [-0.2, 0) is 27.1 Å². The van der Waals surface area contributed by atoms with Crippen LogP contribution in [0.15, 0.2) is 24.3 Å². The smallest absolute Gasteiger partial charge is 0.218 e. The summed E-state index contributed by atoms with van der Waals surface area (Å²) in [5.74, 6) is 0.0345. The highest BCUT2D eigenvalue weighted by atomic mass is 32.2. The van der Waals surface area contributed by atoms with E-state index < -0.39 is 10.0 Å². The van der Waals surface area contributed by atoms with Crippen molar-refractivity contribution in [2.45, 2.75) is 26.1 Å². The Bertz CT molecular complexity index is 500. The standard InChI is InChI=1S/C15H26N2O3S/c1-4-17(10-11-20-5-2)21(18,19)13-15-8-6-14(7-9-15)12-16-3/h6-9,16H,4-5,10-13H2,1-3H3. The van der Waals surface area contributed by atoms with Crippen LogP contribution in [-0.4, -0.2) is 46.1 Å².